The topological polar surface area (TPSA) is 69.6 Å². The molecule has 0 spiro atoms. The van der Waals surface area contributed by atoms with Gasteiger partial charge in [-0.15, -0.1) is 0 Å². The molecule has 0 unspecified atom stereocenters. The number of amides is 2. The summed E-state index contributed by atoms with van der Waals surface area (Å²) in [6.07, 6.45) is 2.55. The molecule has 2 amide bonds. The molecule has 0 atom stereocenters. The van der Waals surface area contributed by atoms with Crippen LogP contribution in [0.15, 0.2) is 0 Å². The summed E-state index contributed by atoms with van der Waals surface area (Å²) < 4.78 is 0. The predicted octanol–water partition coefficient (Wildman–Crippen LogP) is 2.71. The Balaban J connectivity index is 3.99. The molecule has 0 aromatic carbocycles. The second-order valence-electron chi connectivity index (χ2n) is 5.62. The number of carboxylic acids is 1. The average molecular weight is 272 g/mol. The van der Waals surface area contributed by atoms with Crippen LogP contribution in [0.2, 0.25) is 0 Å². The number of nitrogens with zero attached hydrogens (tertiary/aromatic N) is 1. The maximum Gasteiger partial charge on any atom is 0.317 e. The van der Waals surface area contributed by atoms with Crippen LogP contribution in [0.3, 0.4) is 0 Å². The van der Waals surface area contributed by atoms with Crippen LogP contribution in [0.4, 0.5) is 4.79 Å². The number of urea groups is 1. The van der Waals surface area contributed by atoms with Gasteiger partial charge in [-0.3, -0.25) is 4.79 Å². The highest BCUT2D eigenvalue weighted by molar-refractivity contribution is 5.74. The van der Waals surface area contributed by atoms with Crippen LogP contribution >= 0.6 is 0 Å². The molecule has 5 nitrogen and oxygen atoms in total. The van der Waals surface area contributed by atoms with Crippen molar-refractivity contribution in [2.24, 2.45) is 5.41 Å². The van der Waals surface area contributed by atoms with Crippen LogP contribution in [-0.4, -0.2) is 41.6 Å². The van der Waals surface area contributed by atoms with E-state index in [0.29, 0.717) is 19.5 Å². The van der Waals surface area contributed by atoms with Gasteiger partial charge in [-0.1, -0.05) is 20.8 Å². The van der Waals surface area contributed by atoms with Gasteiger partial charge in [-0.25, -0.2) is 4.79 Å². The minimum Gasteiger partial charge on any atom is -0.481 e. The Bertz CT molecular complexity index is 290. The van der Waals surface area contributed by atoms with Crippen molar-refractivity contribution < 1.29 is 14.7 Å². The maximum absolute atomic E-state index is 11.8. The molecule has 0 radical (unpaired) electrons. The second kappa shape index (κ2) is 8.77. The number of carbonyl (C=O) groups excluding carboxylic acids is 1. The van der Waals surface area contributed by atoms with E-state index in [-0.39, 0.29) is 17.9 Å². The van der Waals surface area contributed by atoms with Gasteiger partial charge in [0.05, 0.1) is 0 Å². The molecule has 19 heavy (non-hydrogen) atoms. The zero-order valence-corrected chi connectivity index (χ0v) is 12.7. The van der Waals surface area contributed by atoms with E-state index < -0.39 is 5.97 Å². The summed E-state index contributed by atoms with van der Waals surface area (Å²) in [4.78, 5) is 24.2. The smallest absolute Gasteiger partial charge is 0.317 e. The van der Waals surface area contributed by atoms with Crippen LogP contribution in [0.1, 0.15) is 53.4 Å². The summed E-state index contributed by atoms with van der Waals surface area (Å²) in [7, 11) is 0. The highest BCUT2D eigenvalue weighted by Gasteiger charge is 2.19. The van der Waals surface area contributed by atoms with Gasteiger partial charge >= 0.3 is 12.0 Å². The van der Waals surface area contributed by atoms with Gasteiger partial charge in [-0.2, -0.15) is 0 Å². The standard InChI is InChI=1S/C14H28N2O3/c1-5-11-16(6-2)13(19)15-10-9-14(3,4)8-7-12(17)18/h5-11H2,1-4H3,(H,15,19)(H,17,18). The fourth-order valence-corrected chi connectivity index (χ4v) is 1.86. The third-order valence-corrected chi connectivity index (χ3v) is 3.26. The van der Waals surface area contributed by atoms with Gasteiger partial charge in [0.25, 0.3) is 0 Å². The molecule has 5 heteroatoms. The fraction of sp³-hybridized carbons (Fsp3) is 0.857. The van der Waals surface area contributed by atoms with Crippen molar-refractivity contribution in [1.29, 1.82) is 0 Å². The molecule has 0 saturated carbocycles. The molecule has 0 fully saturated rings. The van der Waals surface area contributed by atoms with E-state index in [1.807, 2.05) is 27.7 Å². The molecule has 0 saturated heterocycles. The SMILES string of the molecule is CCCN(CC)C(=O)NCCC(C)(C)CCC(=O)O. The Morgan fingerprint density at radius 1 is 1.21 bits per heavy atom. The summed E-state index contributed by atoms with van der Waals surface area (Å²) >= 11 is 0. The van der Waals surface area contributed by atoms with Crippen molar-refractivity contribution in [3.05, 3.63) is 0 Å². The second-order valence-corrected chi connectivity index (χ2v) is 5.62. The zero-order valence-electron chi connectivity index (χ0n) is 12.7. The lowest BCUT2D eigenvalue weighted by Crippen LogP contribution is -2.41. The molecular formula is C14H28N2O3. The number of carbonyl (C=O) groups is 2. The van der Waals surface area contributed by atoms with E-state index in [0.717, 1.165) is 19.4 Å². The van der Waals surface area contributed by atoms with Crippen LogP contribution in [0, 0.1) is 5.41 Å². The number of hydrogen-bond acceptors (Lipinski definition) is 2. The monoisotopic (exact) mass is 272 g/mol. The molecule has 0 aliphatic heterocycles. The van der Waals surface area contributed by atoms with Crippen LogP contribution in [-0.2, 0) is 4.79 Å². The average Bonchev–Trinajstić information content (AvgIpc) is 2.33. The van der Waals surface area contributed by atoms with Gasteiger partial charge in [0.15, 0.2) is 0 Å². The number of rotatable bonds is 9. The summed E-state index contributed by atoms with van der Waals surface area (Å²) in [5, 5.41) is 11.6. The van der Waals surface area contributed by atoms with E-state index >= 15 is 0 Å². The highest BCUT2D eigenvalue weighted by Crippen LogP contribution is 2.25. The molecule has 112 valence electrons. The molecule has 0 heterocycles. The van der Waals surface area contributed by atoms with E-state index in [1.165, 1.54) is 0 Å². The summed E-state index contributed by atoms with van der Waals surface area (Å²) in [6.45, 7) is 10.1. The van der Waals surface area contributed by atoms with Crippen LogP contribution < -0.4 is 5.32 Å². The van der Waals surface area contributed by atoms with Crippen LogP contribution in [0.25, 0.3) is 0 Å². The van der Waals surface area contributed by atoms with Crippen molar-refractivity contribution in [2.45, 2.75) is 53.4 Å². The van der Waals surface area contributed by atoms with E-state index in [9.17, 15) is 9.59 Å². The minimum absolute atomic E-state index is 0.0293. The number of aliphatic carboxylic acids is 1. The van der Waals surface area contributed by atoms with Gasteiger partial charge in [0, 0.05) is 26.1 Å². The number of carboxylic acid groups (broad SMARTS) is 1. The number of nitrogens with one attached hydrogen (secondary N) is 1. The lowest BCUT2D eigenvalue weighted by atomic mass is 9.84. The lowest BCUT2D eigenvalue weighted by Gasteiger charge is -2.25. The maximum atomic E-state index is 11.8. The molecule has 0 aliphatic rings. The quantitative estimate of drug-likeness (QED) is 0.678. The van der Waals surface area contributed by atoms with E-state index in [2.05, 4.69) is 5.32 Å². The van der Waals surface area contributed by atoms with Crippen LogP contribution in [0.5, 0.6) is 0 Å². The van der Waals surface area contributed by atoms with Crippen molar-refractivity contribution in [1.82, 2.24) is 10.2 Å². The molecule has 0 aromatic heterocycles. The molecule has 0 bridgehead atoms. The third kappa shape index (κ3) is 8.46. The normalized spacial score (nSPS) is 11.2. The Hall–Kier alpha value is -1.26. The Labute approximate surface area is 116 Å². The van der Waals surface area contributed by atoms with Crippen molar-refractivity contribution in [2.75, 3.05) is 19.6 Å². The Kier molecular flexibility index (Phi) is 8.19. The third-order valence-electron chi connectivity index (χ3n) is 3.26. The molecule has 0 aliphatic carbocycles. The first-order valence-corrected chi connectivity index (χ1v) is 7.07. The summed E-state index contributed by atoms with van der Waals surface area (Å²) in [5.74, 6) is -0.766. The fourth-order valence-electron chi connectivity index (χ4n) is 1.86. The van der Waals surface area contributed by atoms with Crippen molar-refractivity contribution in [3.63, 3.8) is 0 Å². The lowest BCUT2D eigenvalue weighted by molar-refractivity contribution is -0.137. The number of hydrogen-bond donors (Lipinski definition) is 2. The summed E-state index contributed by atoms with van der Waals surface area (Å²) in [5.41, 5.74) is -0.0620. The van der Waals surface area contributed by atoms with Gasteiger partial charge in [-0.05, 0) is 31.6 Å². The molecule has 0 aromatic rings. The van der Waals surface area contributed by atoms with Crippen molar-refractivity contribution in [3.8, 4) is 0 Å². The van der Waals surface area contributed by atoms with Crippen molar-refractivity contribution >= 4 is 12.0 Å². The van der Waals surface area contributed by atoms with Gasteiger partial charge < -0.3 is 15.3 Å². The Morgan fingerprint density at radius 3 is 2.32 bits per heavy atom. The zero-order chi connectivity index (χ0) is 14.9. The molecule has 0 rings (SSSR count). The Morgan fingerprint density at radius 2 is 1.84 bits per heavy atom. The van der Waals surface area contributed by atoms with E-state index in [4.69, 9.17) is 5.11 Å². The first-order chi connectivity index (χ1) is 8.82. The van der Waals surface area contributed by atoms with E-state index in [1.54, 1.807) is 4.90 Å². The highest BCUT2D eigenvalue weighted by atomic mass is 16.4. The predicted molar refractivity (Wildman–Crippen MR) is 76.2 cm³/mol. The minimum atomic E-state index is -0.766. The largest absolute Gasteiger partial charge is 0.481 e. The van der Waals surface area contributed by atoms with Gasteiger partial charge in [0.2, 0.25) is 0 Å². The molecule has 2 N–H and O–H groups in total. The first kappa shape index (κ1) is 17.7. The molecular weight excluding hydrogens is 244 g/mol. The summed E-state index contributed by atoms with van der Waals surface area (Å²) in [6, 6.07) is -0.0293. The first-order valence-electron chi connectivity index (χ1n) is 7.07. The van der Waals surface area contributed by atoms with Gasteiger partial charge in [0.1, 0.15) is 0 Å².